The third kappa shape index (κ3) is 1.94. The van der Waals surface area contributed by atoms with E-state index in [1.807, 2.05) is 36.4 Å². The summed E-state index contributed by atoms with van der Waals surface area (Å²) in [5.41, 5.74) is 2.89. The van der Waals surface area contributed by atoms with Crippen LogP contribution in [0.5, 0.6) is 0 Å². The van der Waals surface area contributed by atoms with E-state index >= 15 is 0 Å². The van der Waals surface area contributed by atoms with Crippen LogP contribution in [0.1, 0.15) is 33.8 Å². The normalized spacial score (nSPS) is 17.9. The van der Waals surface area contributed by atoms with Gasteiger partial charge in [-0.25, -0.2) is 0 Å². The average molecular weight is 277 g/mol. The van der Waals surface area contributed by atoms with Gasteiger partial charge in [-0.15, -0.1) is 0 Å². The van der Waals surface area contributed by atoms with Crippen molar-refractivity contribution in [2.45, 2.75) is 12.3 Å². The maximum Gasteiger partial charge on any atom is 0.164 e. The fourth-order valence-corrected chi connectivity index (χ4v) is 3.08. The van der Waals surface area contributed by atoms with Crippen molar-refractivity contribution in [3.8, 4) is 0 Å². The summed E-state index contributed by atoms with van der Waals surface area (Å²) >= 11 is 12.0. The first-order valence-electron chi connectivity index (χ1n) is 5.73. The molecule has 0 heterocycles. The summed E-state index contributed by atoms with van der Waals surface area (Å²) in [7, 11) is 0. The van der Waals surface area contributed by atoms with Crippen molar-refractivity contribution in [2.24, 2.45) is 0 Å². The summed E-state index contributed by atoms with van der Waals surface area (Å²) < 4.78 is 0. The second-order valence-corrected chi connectivity index (χ2v) is 5.34. The van der Waals surface area contributed by atoms with Crippen molar-refractivity contribution < 1.29 is 4.79 Å². The molecule has 3 heteroatoms. The van der Waals surface area contributed by atoms with Crippen LogP contribution in [0.4, 0.5) is 0 Å². The third-order valence-electron chi connectivity index (χ3n) is 3.31. The molecule has 1 atom stereocenters. The van der Waals surface area contributed by atoms with E-state index < -0.39 is 0 Å². The predicted octanol–water partition coefficient (Wildman–Crippen LogP) is 4.71. The molecule has 0 fully saturated rings. The van der Waals surface area contributed by atoms with Crippen LogP contribution in [-0.2, 0) is 0 Å². The quantitative estimate of drug-likeness (QED) is 0.737. The number of halogens is 2. The number of ketones is 1. The van der Waals surface area contributed by atoms with Crippen molar-refractivity contribution in [3.05, 3.63) is 69.2 Å². The topological polar surface area (TPSA) is 17.1 Å². The highest BCUT2D eigenvalue weighted by atomic mass is 35.5. The Hall–Kier alpha value is -1.31. The first-order valence-corrected chi connectivity index (χ1v) is 6.49. The molecule has 2 aromatic carbocycles. The summed E-state index contributed by atoms with van der Waals surface area (Å²) in [6, 6.07) is 13.2. The molecule has 0 unspecified atom stereocenters. The van der Waals surface area contributed by atoms with Gasteiger partial charge < -0.3 is 0 Å². The smallest absolute Gasteiger partial charge is 0.164 e. The number of rotatable bonds is 1. The minimum Gasteiger partial charge on any atom is -0.294 e. The van der Waals surface area contributed by atoms with E-state index in [4.69, 9.17) is 23.2 Å². The Labute approximate surface area is 115 Å². The van der Waals surface area contributed by atoms with Crippen molar-refractivity contribution in [2.75, 3.05) is 0 Å². The molecular formula is C15H10Cl2O. The molecule has 0 saturated heterocycles. The molecule has 1 aliphatic rings. The van der Waals surface area contributed by atoms with Gasteiger partial charge in [0.15, 0.2) is 5.78 Å². The van der Waals surface area contributed by atoms with Crippen molar-refractivity contribution in [3.63, 3.8) is 0 Å². The molecule has 0 amide bonds. The van der Waals surface area contributed by atoms with Crippen LogP contribution < -0.4 is 0 Å². The van der Waals surface area contributed by atoms with Gasteiger partial charge in [-0.1, -0.05) is 47.5 Å². The average Bonchev–Trinajstić information content (AvgIpc) is 2.66. The van der Waals surface area contributed by atoms with E-state index in [-0.39, 0.29) is 11.7 Å². The molecule has 1 aliphatic carbocycles. The number of carbonyl (C=O) groups is 1. The van der Waals surface area contributed by atoms with Gasteiger partial charge in [0.1, 0.15) is 0 Å². The van der Waals surface area contributed by atoms with Gasteiger partial charge in [-0.2, -0.15) is 0 Å². The number of Topliss-reactive ketones (excluding diaryl/α,β-unsaturated/α-hetero) is 1. The fraction of sp³-hybridized carbons (Fsp3) is 0.133. The second-order valence-electron chi connectivity index (χ2n) is 4.47. The highest BCUT2D eigenvalue weighted by Gasteiger charge is 2.30. The lowest BCUT2D eigenvalue weighted by Crippen LogP contribution is -1.96. The van der Waals surface area contributed by atoms with Crippen LogP contribution in [0, 0.1) is 0 Å². The molecule has 0 aromatic heterocycles. The van der Waals surface area contributed by atoms with Crippen LogP contribution in [-0.4, -0.2) is 5.78 Å². The lowest BCUT2D eigenvalue weighted by atomic mass is 9.93. The molecule has 0 spiro atoms. The maximum atomic E-state index is 12.0. The monoisotopic (exact) mass is 276 g/mol. The molecule has 0 saturated carbocycles. The molecule has 0 aliphatic heterocycles. The molecule has 3 rings (SSSR count). The zero-order valence-electron chi connectivity index (χ0n) is 9.49. The lowest BCUT2D eigenvalue weighted by molar-refractivity contribution is 0.0991. The van der Waals surface area contributed by atoms with Gasteiger partial charge in [-0.05, 0) is 29.3 Å². The van der Waals surface area contributed by atoms with Crippen LogP contribution >= 0.6 is 23.2 Å². The van der Waals surface area contributed by atoms with Crippen molar-refractivity contribution >= 4 is 29.0 Å². The summed E-state index contributed by atoms with van der Waals surface area (Å²) in [4.78, 5) is 12.0. The Bertz CT molecular complexity index is 614. The SMILES string of the molecule is O=C1C[C@@H](c2cc(Cl)cc(Cl)c2)c2ccccc21. The minimum absolute atomic E-state index is 0.0740. The Kier molecular flexibility index (Phi) is 2.89. The zero-order valence-corrected chi connectivity index (χ0v) is 11.0. The van der Waals surface area contributed by atoms with E-state index in [2.05, 4.69) is 0 Å². The molecule has 90 valence electrons. The molecule has 18 heavy (non-hydrogen) atoms. The first kappa shape index (κ1) is 11.8. The third-order valence-corrected chi connectivity index (χ3v) is 3.75. The van der Waals surface area contributed by atoms with E-state index in [1.54, 1.807) is 6.07 Å². The Morgan fingerprint density at radius 2 is 1.67 bits per heavy atom. The van der Waals surface area contributed by atoms with Gasteiger partial charge in [0, 0.05) is 27.9 Å². The van der Waals surface area contributed by atoms with Gasteiger partial charge in [-0.3, -0.25) is 4.79 Å². The van der Waals surface area contributed by atoms with E-state index in [9.17, 15) is 4.79 Å². The Morgan fingerprint density at radius 1 is 1.00 bits per heavy atom. The fourth-order valence-electron chi connectivity index (χ4n) is 2.53. The summed E-state index contributed by atoms with van der Waals surface area (Å²) in [6.07, 6.45) is 0.496. The number of benzene rings is 2. The molecule has 2 aromatic rings. The number of carbonyl (C=O) groups excluding carboxylic acids is 1. The predicted molar refractivity (Wildman–Crippen MR) is 73.7 cm³/mol. The van der Waals surface area contributed by atoms with Crippen LogP contribution in [0.3, 0.4) is 0 Å². The summed E-state index contributed by atoms with van der Waals surface area (Å²) in [5.74, 6) is 0.261. The molecule has 0 radical (unpaired) electrons. The number of fused-ring (bicyclic) bond motifs is 1. The van der Waals surface area contributed by atoms with Crippen molar-refractivity contribution in [1.82, 2.24) is 0 Å². The Balaban J connectivity index is 2.12. The highest BCUT2D eigenvalue weighted by molar-refractivity contribution is 6.34. The van der Waals surface area contributed by atoms with Gasteiger partial charge in [0.25, 0.3) is 0 Å². The molecule has 1 nitrogen and oxygen atoms in total. The maximum absolute atomic E-state index is 12.0. The summed E-state index contributed by atoms with van der Waals surface area (Å²) in [6.45, 7) is 0. The minimum atomic E-state index is 0.0740. The number of hydrogen-bond donors (Lipinski definition) is 0. The molecular weight excluding hydrogens is 267 g/mol. The van der Waals surface area contributed by atoms with E-state index in [0.29, 0.717) is 16.5 Å². The van der Waals surface area contributed by atoms with E-state index in [1.165, 1.54) is 0 Å². The zero-order chi connectivity index (χ0) is 12.7. The Morgan fingerprint density at radius 3 is 2.39 bits per heavy atom. The van der Waals surface area contributed by atoms with Crippen LogP contribution in [0.15, 0.2) is 42.5 Å². The number of hydrogen-bond acceptors (Lipinski definition) is 1. The first-order chi connectivity index (χ1) is 8.65. The van der Waals surface area contributed by atoms with Gasteiger partial charge in [0.2, 0.25) is 0 Å². The van der Waals surface area contributed by atoms with Crippen LogP contribution in [0.25, 0.3) is 0 Å². The van der Waals surface area contributed by atoms with E-state index in [0.717, 1.165) is 16.7 Å². The lowest BCUT2D eigenvalue weighted by Gasteiger charge is -2.12. The van der Waals surface area contributed by atoms with Crippen LogP contribution in [0.2, 0.25) is 10.0 Å². The molecule has 0 N–H and O–H groups in total. The highest BCUT2D eigenvalue weighted by Crippen LogP contribution is 2.39. The second kappa shape index (κ2) is 4.42. The molecule has 0 bridgehead atoms. The standard InChI is InChI=1S/C15H10Cl2O/c16-10-5-9(6-11(17)7-10)14-8-15(18)13-4-2-1-3-12(13)14/h1-7,14H,8H2/t14-/m0/s1. The van der Waals surface area contributed by atoms with Gasteiger partial charge in [0.05, 0.1) is 0 Å². The van der Waals surface area contributed by atoms with Gasteiger partial charge >= 0.3 is 0 Å². The largest absolute Gasteiger partial charge is 0.294 e. The van der Waals surface area contributed by atoms with Crippen molar-refractivity contribution in [1.29, 1.82) is 0 Å². The summed E-state index contributed by atoms with van der Waals surface area (Å²) in [5, 5.41) is 1.21.